The Balaban J connectivity index is 1.43. The third-order valence-corrected chi connectivity index (χ3v) is 5.91. The van der Waals surface area contributed by atoms with E-state index in [-0.39, 0.29) is 31.6 Å². The van der Waals surface area contributed by atoms with Gasteiger partial charge in [0, 0.05) is 24.0 Å². The van der Waals surface area contributed by atoms with E-state index < -0.39 is 11.7 Å². The van der Waals surface area contributed by atoms with Crippen LogP contribution in [0.4, 0.5) is 24.5 Å². The summed E-state index contributed by atoms with van der Waals surface area (Å²) in [6, 6.07) is 17.2. The predicted octanol–water partition coefficient (Wildman–Crippen LogP) is 5.44. The molecule has 3 aromatic carbocycles. The zero-order valence-electron chi connectivity index (χ0n) is 19.8. The Labute approximate surface area is 206 Å². The number of anilines is 2. The second kappa shape index (κ2) is 10.3. The fraction of sp³-hybridized carbons (Fsp3) is 0.259. The van der Waals surface area contributed by atoms with Crippen molar-refractivity contribution in [3.05, 3.63) is 89.0 Å². The van der Waals surface area contributed by atoms with Crippen LogP contribution in [-0.4, -0.2) is 32.1 Å². The Morgan fingerprint density at radius 2 is 1.72 bits per heavy atom. The molecule has 36 heavy (non-hydrogen) atoms. The molecular weight excluding hydrogens is 473 g/mol. The molecule has 188 valence electrons. The first-order valence-corrected chi connectivity index (χ1v) is 11.4. The van der Waals surface area contributed by atoms with Gasteiger partial charge in [0.2, 0.25) is 0 Å². The zero-order chi connectivity index (χ0) is 25.9. The molecule has 0 unspecified atom stereocenters. The van der Waals surface area contributed by atoms with Crippen LogP contribution in [0, 0.1) is 0 Å². The van der Waals surface area contributed by atoms with Crippen LogP contribution >= 0.6 is 0 Å². The number of hydrogen-bond donors (Lipinski definition) is 0. The number of benzene rings is 3. The number of alkyl halides is 3. The molecule has 4 rings (SSSR count). The van der Waals surface area contributed by atoms with Crippen LogP contribution < -0.4 is 14.5 Å². The first-order valence-electron chi connectivity index (χ1n) is 11.4. The predicted molar refractivity (Wildman–Crippen MR) is 129 cm³/mol. The molecule has 3 aromatic rings. The standard InChI is InChI=1S/C27H25F3N2O4/c1-3-35-25(33)16-31(2)20-11-13-22(14-12-20)36-17-18-5-4-6-23-24(18)15-32(26(23)34)21-9-7-19(8-10-21)27(28,29)30/h4-14H,3,15-17H2,1-2H3. The summed E-state index contributed by atoms with van der Waals surface area (Å²) < 4.78 is 49.6. The lowest BCUT2D eigenvalue weighted by atomic mass is 10.0. The largest absolute Gasteiger partial charge is 0.489 e. The van der Waals surface area contributed by atoms with E-state index in [1.807, 2.05) is 18.2 Å². The Kier molecular flexibility index (Phi) is 7.19. The molecule has 1 aliphatic rings. The van der Waals surface area contributed by atoms with E-state index in [4.69, 9.17) is 9.47 Å². The summed E-state index contributed by atoms with van der Waals surface area (Å²) in [5.41, 5.74) is 2.58. The summed E-state index contributed by atoms with van der Waals surface area (Å²) in [6.07, 6.45) is -4.43. The van der Waals surface area contributed by atoms with E-state index in [9.17, 15) is 22.8 Å². The Morgan fingerprint density at radius 1 is 1.03 bits per heavy atom. The van der Waals surface area contributed by atoms with Crippen molar-refractivity contribution < 1.29 is 32.2 Å². The van der Waals surface area contributed by atoms with E-state index in [1.165, 1.54) is 17.0 Å². The minimum atomic E-state index is -4.43. The first kappa shape index (κ1) is 25.1. The second-order valence-electron chi connectivity index (χ2n) is 8.32. The van der Waals surface area contributed by atoms with Gasteiger partial charge in [-0.15, -0.1) is 0 Å². The van der Waals surface area contributed by atoms with E-state index >= 15 is 0 Å². The van der Waals surface area contributed by atoms with Gasteiger partial charge in [-0.3, -0.25) is 9.59 Å². The van der Waals surface area contributed by atoms with E-state index in [0.717, 1.165) is 28.9 Å². The molecule has 0 saturated heterocycles. The van der Waals surface area contributed by atoms with Gasteiger partial charge in [-0.1, -0.05) is 12.1 Å². The van der Waals surface area contributed by atoms with Crippen LogP contribution in [0.2, 0.25) is 0 Å². The summed E-state index contributed by atoms with van der Waals surface area (Å²) in [4.78, 5) is 27.9. The highest BCUT2D eigenvalue weighted by Crippen LogP contribution is 2.34. The minimum absolute atomic E-state index is 0.133. The van der Waals surface area contributed by atoms with Crippen molar-refractivity contribution in [2.24, 2.45) is 0 Å². The van der Waals surface area contributed by atoms with Crippen molar-refractivity contribution in [1.82, 2.24) is 0 Å². The normalized spacial score (nSPS) is 12.9. The average molecular weight is 499 g/mol. The first-order chi connectivity index (χ1) is 17.2. The molecule has 9 heteroatoms. The van der Waals surface area contributed by atoms with Crippen LogP contribution in [0.3, 0.4) is 0 Å². The highest BCUT2D eigenvalue weighted by Gasteiger charge is 2.33. The fourth-order valence-electron chi connectivity index (χ4n) is 4.02. The van der Waals surface area contributed by atoms with Crippen molar-refractivity contribution in [2.75, 3.05) is 30.0 Å². The smallest absolute Gasteiger partial charge is 0.416 e. The number of nitrogens with zero attached hydrogens (tertiary/aromatic N) is 2. The van der Waals surface area contributed by atoms with Crippen LogP contribution in [0.15, 0.2) is 66.7 Å². The van der Waals surface area contributed by atoms with Crippen molar-refractivity contribution >= 4 is 23.3 Å². The maximum atomic E-state index is 12.9. The maximum Gasteiger partial charge on any atom is 0.416 e. The number of halogens is 3. The molecular formula is C27H25F3N2O4. The number of amides is 1. The molecule has 0 radical (unpaired) electrons. The lowest BCUT2D eigenvalue weighted by Crippen LogP contribution is -2.26. The third-order valence-electron chi connectivity index (χ3n) is 5.91. The number of carbonyl (C=O) groups excluding carboxylic acids is 2. The molecule has 0 saturated carbocycles. The van der Waals surface area contributed by atoms with Crippen molar-refractivity contribution in [3.63, 3.8) is 0 Å². The number of hydrogen-bond acceptors (Lipinski definition) is 5. The zero-order valence-corrected chi connectivity index (χ0v) is 19.8. The SMILES string of the molecule is CCOC(=O)CN(C)c1ccc(OCc2cccc3c2CN(c2ccc(C(F)(F)F)cc2)C3=O)cc1. The molecule has 1 aliphatic heterocycles. The van der Waals surface area contributed by atoms with Crippen molar-refractivity contribution in [2.45, 2.75) is 26.3 Å². The monoisotopic (exact) mass is 498 g/mol. The molecule has 0 bridgehead atoms. The van der Waals surface area contributed by atoms with Gasteiger partial charge in [-0.05, 0) is 72.6 Å². The number of ether oxygens (including phenoxy) is 2. The molecule has 6 nitrogen and oxygen atoms in total. The Bertz CT molecular complexity index is 1240. The van der Waals surface area contributed by atoms with Gasteiger partial charge in [-0.25, -0.2) is 0 Å². The van der Waals surface area contributed by atoms with E-state index in [0.29, 0.717) is 23.6 Å². The molecule has 0 atom stereocenters. The number of carbonyl (C=O) groups is 2. The summed E-state index contributed by atoms with van der Waals surface area (Å²) in [6.45, 7) is 2.68. The molecule has 0 spiro atoms. The number of esters is 1. The van der Waals surface area contributed by atoms with Crippen LogP contribution in [0.5, 0.6) is 5.75 Å². The highest BCUT2D eigenvalue weighted by atomic mass is 19.4. The molecule has 1 amide bonds. The van der Waals surface area contributed by atoms with Crippen LogP contribution in [0.1, 0.15) is 34.0 Å². The van der Waals surface area contributed by atoms with Gasteiger partial charge in [0.05, 0.1) is 18.7 Å². The molecule has 0 fully saturated rings. The molecule has 0 aliphatic carbocycles. The third kappa shape index (κ3) is 5.45. The Hall–Kier alpha value is -4.01. The number of rotatable bonds is 8. The van der Waals surface area contributed by atoms with Gasteiger partial charge < -0.3 is 19.3 Å². The molecule has 1 heterocycles. The second-order valence-corrected chi connectivity index (χ2v) is 8.32. The highest BCUT2D eigenvalue weighted by molar-refractivity contribution is 6.10. The summed E-state index contributed by atoms with van der Waals surface area (Å²) in [5.74, 6) is 0.0450. The summed E-state index contributed by atoms with van der Waals surface area (Å²) in [5, 5.41) is 0. The lowest BCUT2D eigenvalue weighted by Gasteiger charge is -2.18. The quantitative estimate of drug-likeness (QED) is 0.387. The van der Waals surface area contributed by atoms with Crippen LogP contribution in [0.25, 0.3) is 0 Å². The summed E-state index contributed by atoms with van der Waals surface area (Å²) in [7, 11) is 1.79. The topological polar surface area (TPSA) is 59.1 Å². The number of fused-ring (bicyclic) bond motifs is 1. The van der Waals surface area contributed by atoms with E-state index in [1.54, 1.807) is 43.1 Å². The van der Waals surface area contributed by atoms with Crippen molar-refractivity contribution in [3.8, 4) is 5.75 Å². The van der Waals surface area contributed by atoms with E-state index in [2.05, 4.69) is 0 Å². The van der Waals surface area contributed by atoms with Crippen LogP contribution in [-0.2, 0) is 28.9 Å². The summed E-state index contributed by atoms with van der Waals surface area (Å²) >= 11 is 0. The van der Waals surface area contributed by atoms with Gasteiger partial charge in [-0.2, -0.15) is 13.2 Å². The Morgan fingerprint density at radius 3 is 2.36 bits per heavy atom. The average Bonchev–Trinajstić information content (AvgIpc) is 3.19. The molecule has 0 aromatic heterocycles. The van der Waals surface area contributed by atoms with Gasteiger partial charge >= 0.3 is 12.1 Å². The van der Waals surface area contributed by atoms with Gasteiger partial charge in [0.1, 0.15) is 18.9 Å². The molecule has 0 N–H and O–H groups in total. The lowest BCUT2D eigenvalue weighted by molar-refractivity contribution is -0.141. The minimum Gasteiger partial charge on any atom is -0.489 e. The van der Waals surface area contributed by atoms with Crippen molar-refractivity contribution in [1.29, 1.82) is 0 Å². The number of likely N-dealkylation sites (N-methyl/N-ethyl adjacent to an activating group) is 1. The fourth-order valence-corrected chi connectivity index (χ4v) is 4.02. The maximum absolute atomic E-state index is 12.9. The van der Waals surface area contributed by atoms with Gasteiger partial charge in [0.25, 0.3) is 5.91 Å². The van der Waals surface area contributed by atoms with Gasteiger partial charge in [0.15, 0.2) is 0 Å².